The quantitative estimate of drug-likeness (QED) is 0.650. The highest BCUT2D eigenvalue weighted by atomic mass is 32.2. The number of thioether (sulfide) groups is 1. The topological polar surface area (TPSA) is 52.8 Å². The first-order valence-corrected chi connectivity index (χ1v) is 10.6. The van der Waals surface area contributed by atoms with Gasteiger partial charge in [-0.25, -0.2) is 4.98 Å². The van der Waals surface area contributed by atoms with Crippen LogP contribution < -0.4 is 0 Å². The molecule has 0 N–H and O–H groups in total. The molecule has 0 saturated heterocycles. The number of fused-ring (bicyclic) bond motifs is 1. The maximum atomic E-state index is 13.6. The van der Waals surface area contributed by atoms with E-state index in [1.54, 1.807) is 0 Å². The molecule has 2 aromatic heterocycles. The van der Waals surface area contributed by atoms with E-state index in [0.29, 0.717) is 0 Å². The van der Waals surface area contributed by atoms with Crippen molar-refractivity contribution in [2.24, 2.45) is 0 Å². The fraction of sp³-hybridized carbons (Fsp3) is 0.562. The second kappa shape index (κ2) is 7.39. The minimum absolute atomic E-state index is 0.186. The summed E-state index contributed by atoms with van der Waals surface area (Å²) in [7, 11) is -3.36. The molecule has 0 fully saturated rings. The summed E-state index contributed by atoms with van der Waals surface area (Å²) in [5.41, 5.74) is 2.55. The van der Waals surface area contributed by atoms with Crippen LogP contribution in [0.2, 0.25) is 0 Å². The fourth-order valence-corrected chi connectivity index (χ4v) is 6.44. The van der Waals surface area contributed by atoms with Gasteiger partial charge in [-0.2, -0.15) is 0 Å². The second-order valence-corrected chi connectivity index (χ2v) is 9.26. The van der Waals surface area contributed by atoms with E-state index < -0.39 is 12.6 Å². The summed E-state index contributed by atoms with van der Waals surface area (Å²) in [6, 6.07) is 5.81. The standard InChI is InChI=1S/C16H25N2O3PS/c1-11(2)20-22(19,21-12(3)4)16(23-6)15-13(5)17-14-9-7-8-10-18(14)15/h7-12,16H,1-6H3. The molecule has 0 amide bonds. The SMILES string of the molecule is CSC(c1c(C)nc2ccccn12)P(=O)(OC(C)C)OC(C)C. The lowest BCUT2D eigenvalue weighted by Gasteiger charge is -2.29. The van der Waals surface area contributed by atoms with Crippen LogP contribution in [0.1, 0.15) is 44.1 Å². The van der Waals surface area contributed by atoms with Gasteiger partial charge in [-0.1, -0.05) is 6.07 Å². The maximum Gasteiger partial charge on any atom is 0.350 e. The third-order valence-electron chi connectivity index (χ3n) is 3.21. The predicted octanol–water partition coefficient (Wildman–Crippen LogP) is 5.05. The molecule has 0 bridgehead atoms. The second-order valence-electron chi connectivity index (χ2n) is 5.95. The van der Waals surface area contributed by atoms with E-state index in [1.165, 1.54) is 11.8 Å². The van der Waals surface area contributed by atoms with Crippen molar-refractivity contribution in [3.63, 3.8) is 0 Å². The van der Waals surface area contributed by atoms with Crippen molar-refractivity contribution >= 4 is 25.0 Å². The smallest absolute Gasteiger partial charge is 0.305 e. The summed E-state index contributed by atoms with van der Waals surface area (Å²) in [6.45, 7) is 9.41. The van der Waals surface area contributed by atoms with Crippen LogP contribution in [-0.2, 0) is 13.6 Å². The van der Waals surface area contributed by atoms with E-state index in [2.05, 4.69) is 4.98 Å². The largest absolute Gasteiger partial charge is 0.350 e. The van der Waals surface area contributed by atoms with Crippen molar-refractivity contribution in [1.82, 2.24) is 9.38 Å². The number of rotatable bonds is 7. The van der Waals surface area contributed by atoms with E-state index in [0.717, 1.165) is 17.0 Å². The molecule has 1 atom stereocenters. The molecule has 7 heteroatoms. The molecule has 128 valence electrons. The van der Waals surface area contributed by atoms with Crippen molar-refractivity contribution in [3.8, 4) is 0 Å². The monoisotopic (exact) mass is 356 g/mol. The van der Waals surface area contributed by atoms with Crippen LogP contribution in [0, 0.1) is 6.92 Å². The summed E-state index contributed by atoms with van der Waals surface area (Å²) < 4.78 is 27.1. The van der Waals surface area contributed by atoms with E-state index >= 15 is 0 Å². The Morgan fingerprint density at radius 3 is 2.30 bits per heavy atom. The van der Waals surface area contributed by atoms with Crippen LogP contribution in [0.3, 0.4) is 0 Å². The fourth-order valence-electron chi connectivity index (χ4n) is 2.54. The van der Waals surface area contributed by atoms with Crippen LogP contribution in [-0.4, -0.2) is 27.8 Å². The summed E-state index contributed by atoms with van der Waals surface area (Å²) in [6.07, 6.45) is 3.48. The number of pyridine rings is 1. The van der Waals surface area contributed by atoms with E-state index in [9.17, 15) is 4.57 Å². The number of nitrogens with zero attached hydrogens (tertiary/aromatic N) is 2. The Morgan fingerprint density at radius 1 is 1.17 bits per heavy atom. The van der Waals surface area contributed by atoms with Crippen molar-refractivity contribution in [3.05, 3.63) is 35.8 Å². The van der Waals surface area contributed by atoms with Gasteiger partial charge >= 0.3 is 7.60 Å². The molecule has 0 radical (unpaired) electrons. The van der Waals surface area contributed by atoms with Gasteiger partial charge in [0.25, 0.3) is 0 Å². The van der Waals surface area contributed by atoms with Crippen LogP contribution in [0.4, 0.5) is 0 Å². The molecule has 0 spiro atoms. The number of hydrogen-bond donors (Lipinski definition) is 0. The molecule has 0 aliphatic rings. The van der Waals surface area contributed by atoms with Gasteiger partial charge in [0, 0.05) is 6.20 Å². The highest BCUT2D eigenvalue weighted by molar-refractivity contribution is 8.04. The van der Waals surface area contributed by atoms with Crippen LogP contribution in [0.5, 0.6) is 0 Å². The van der Waals surface area contributed by atoms with Gasteiger partial charge < -0.3 is 13.4 Å². The molecule has 2 heterocycles. The molecule has 23 heavy (non-hydrogen) atoms. The van der Waals surface area contributed by atoms with Crippen LogP contribution in [0.25, 0.3) is 5.65 Å². The normalized spacial score (nSPS) is 14.1. The number of imidazole rings is 1. The van der Waals surface area contributed by atoms with E-state index in [1.807, 2.05) is 69.7 Å². The predicted molar refractivity (Wildman–Crippen MR) is 96.2 cm³/mol. The average molecular weight is 356 g/mol. The zero-order valence-electron chi connectivity index (χ0n) is 14.5. The number of hydrogen-bond acceptors (Lipinski definition) is 5. The zero-order chi connectivity index (χ0) is 17.2. The maximum absolute atomic E-state index is 13.6. The number of aromatic nitrogens is 2. The minimum atomic E-state index is -3.36. The van der Waals surface area contributed by atoms with Gasteiger partial charge in [0.1, 0.15) is 10.6 Å². The highest BCUT2D eigenvalue weighted by Gasteiger charge is 2.41. The molecular weight excluding hydrogens is 331 g/mol. The van der Waals surface area contributed by atoms with Crippen LogP contribution in [0.15, 0.2) is 24.4 Å². The van der Waals surface area contributed by atoms with Gasteiger partial charge in [0.05, 0.1) is 23.6 Å². The summed E-state index contributed by atoms with van der Waals surface area (Å²) >= 11 is 1.47. The Hall–Kier alpha value is -0.810. The summed E-state index contributed by atoms with van der Waals surface area (Å²) in [4.78, 5) is 4.14. The van der Waals surface area contributed by atoms with Gasteiger partial charge in [0.15, 0.2) is 0 Å². The van der Waals surface area contributed by atoms with Gasteiger partial charge in [0.2, 0.25) is 0 Å². The first kappa shape index (κ1) is 18.5. The Kier molecular flexibility index (Phi) is 5.95. The summed E-state index contributed by atoms with van der Waals surface area (Å²) in [5.74, 6) is 0. The lowest BCUT2D eigenvalue weighted by atomic mass is 10.4. The Bertz CT molecular complexity index is 700. The molecule has 0 saturated carbocycles. The molecule has 0 aliphatic heterocycles. The minimum Gasteiger partial charge on any atom is -0.305 e. The lowest BCUT2D eigenvalue weighted by Crippen LogP contribution is -2.13. The molecule has 2 rings (SSSR count). The Balaban J connectivity index is 2.58. The van der Waals surface area contributed by atoms with E-state index in [-0.39, 0.29) is 12.2 Å². The van der Waals surface area contributed by atoms with Crippen molar-refractivity contribution in [1.29, 1.82) is 0 Å². The van der Waals surface area contributed by atoms with Crippen LogP contribution >= 0.6 is 19.4 Å². The molecule has 0 aromatic carbocycles. The Morgan fingerprint density at radius 2 is 1.78 bits per heavy atom. The zero-order valence-corrected chi connectivity index (χ0v) is 16.2. The first-order chi connectivity index (χ1) is 10.8. The van der Waals surface area contributed by atoms with Crippen molar-refractivity contribution in [2.45, 2.75) is 51.8 Å². The molecule has 5 nitrogen and oxygen atoms in total. The van der Waals surface area contributed by atoms with Crippen molar-refractivity contribution < 1.29 is 13.6 Å². The molecule has 0 aliphatic carbocycles. The molecule has 2 aromatic rings. The third-order valence-corrected chi connectivity index (χ3v) is 7.54. The summed E-state index contributed by atoms with van der Waals surface area (Å²) in [5, 5.41) is 0. The van der Waals surface area contributed by atoms with Gasteiger partial charge in [-0.3, -0.25) is 4.57 Å². The molecular formula is C16H25N2O3PS. The highest BCUT2D eigenvalue weighted by Crippen LogP contribution is 2.66. The third kappa shape index (κ3) is 4.00. The number of aryl methyl sites for hydroxylation is 1. The first-order valence-electron chi connectivity index (χ1n) is 7.71. The average Bonchev–Trinajstić information content (AvgIpc) is 2.74. The van der Waals surface area contributed by atoms with Crippen molar-refractivity contribution in [2.75, 3.05) is 6.26 Å². The van der Waals surface area contributed by atoms with Gasteiger partial charge in [-0.15, -0.1) is 11.8 Å². The van der Waals surface area contributed by atoms with Gasteiger partial charge in [-0.05, 0) is 53.0 Å². The lowest BCUT2D eigenvalue weighted by molar-refractivity contribution is 0.141. The molecule has 1 unspecified atom stereocenters. The Labute approximate surface area is 142 Å². The van der Waals surface area contributed by atoms with E-state index in [4.69, 9.17) is 9.05 Å².